The number of hydrogen-bond acceptors (Lipinski definition) is 2. The summed E-state index contributed by atoms with van der Waals surface area (Å²) >= 11 is 0. The van der Waals surface area contributed by atoms with Gasteiger partial charge in [0.1, 0.15) is 0 Å². The van der Waals surface area contributed by atoms with Crippen molar-refractivity contribution >= 4 is 0 Å². The maximum atomic E-state index is 5.92. The summed E-state index contributed by atoms with van der Waals surface area (Å²) in [7, 11) is 0. The lowest BCUT2D eigenvalue weighted by atomic mass is 10.00. The number of benzene rings is 1. The summed E-state index contributed by atoms with van der Waals surface area (Å²) in [5, 5.41) is 3.86. The molecule has 0 bridgehead atoms. The van der Waals surface area contributed by atoms with Gasteiger partial charge in [-0.15, -0.1) is 0 Å². The third-order valence-corrected chi connectivity index (χ3v) is 4.49. The number of ether oxygens (including phenoxy) is 1. The molecule has 2 aliphatic rings. The summed E-state index contributed by atoms with van der Waals surface area (Å²) in [6.07, 6.45) is 6.74. The quantitative estimate of drug-likeness (QED) is 0.847. The average Bonchev–Trinajstić information content (AvgIpc) is 3.19. The summed E-state index contributed by atoms with van der Waals surface area (Å²) in [4.78, 5) is 0. The van der Waals surface area contributed by atoms with E-state index in [1.165, 1.54) is 31.2 Å². The lowest BCUT2D eigenvalue weighted by Gasteiger charge is -2.25. The second-order valence-corrected chi connectivity index (χ2v) is 6.03. The first-order chi connectivity index (χ1) is 9.36. The van der Waals surface area contributed by atoms with E-state index in [1.54, 1.807) is 0 Å². The first-order valence-corrected chi connectivity index (χ1v) is 7.78. The second kappa shape index (κ2) is 6.06. The molecule has 1 aromatic carbocycles. The van der Waals surface area contributed by atoms with Crippen molar-refractivity contribution in [2.24, 2.45) is 5.92 Å². The number of nitrogens with one attached hydrogen (secondary N) is 1. The van der Waals surface area contributed by atoms with E-state index in [1.807, 2.05) is 0 Å². The molecule has 1 aliphatic heterocycles. The largest absolute Gasteiger partial charge is 0.376 e. The topological polar surface area (TPSA) is 21.3 Å². The molecule has 0 spiro atoms. The van der Waals surface area contributed by atoms with E-state index in [4.69, 9.17) is 4.74 Å². The molecular formula is C17H25NO. The zero-order valence-electron chi connectivity index (χ0n) is 11.8. The molecule has 2 heteroatoms. The van der Waals surface area contributed by atoms with Gasteiger partial charge < -0.3 is 10.1 Å². The fourth-order valence-electron chi connectivity index (χ4n) is 3.20. The van der Waals surface area contributed by atoms with Crippen LogP contribution in [0.5, 0.6) is 0 Å². The van der Waals surface area contributed by atoms with E-state index in [2.05, 4.69) is 42.6 Å². The van der Waals surface area contributed by atoms with Gasteiger partial charge in [0.15, 0.2) is 0 Å². The summed E-state index contributed by atoms with van der Waals surface area (Å²) < 4.78 is 5.92. The fourth-order valence-corrected chi connectivity index (χ4v) is 3.20. The molecule has 3 atom stereocenters. The van der Waals surface area contributed by atoms with Crippen molar-refractivity contribution in [3.63, 3.8) is 0 Å². The van der Waals surface area contributed by atoms with Gasteiger partial charge in [-0.2, -0.15) is 0 Å². The van der Waals surface area contributed by atoms with Crippen molar-refractivity contribution in [2.75, 3.05) is 6.61 Å². The van der Waals surface area contributed by atoms with Gasteiger partial charge in [0.25, 0.3) is 0 Å². The molecule has 0 aromatic heterocycles. The predicted molar refractivity (Wildman–Crippen MR) is 78.2 cm³/mol. The van der Waals surface area contributed by atoms with E-state index >= 15 is 0 Å². The smallest absolute Gasteiger partial charge is 0.0757 e. The van der Waals surface area contributed by atoms with Crippen LogP contribution in [0.4, 0.5) is 0 Å². The normalized spacial score (nSPS) is 28.5. The number of rotatable bonds is 6. The standard InChI is InChI=1S/C17H25NO/c1-2-15(12-13-6-4-3-5-7-13)18-16-10-11-19-17(16)14-8-9-14/h3-7,14-18H,2,8-12H2,1H3. The van der Waals surface area contributed by atoms with E-state index in [-0.39, 0.29) is 0 Å². The van der Waals surface area contributed by atoms with E-state index in [9.17, 15) is 0 Å². The summed E-state index contributed by atoms with van der Waals surface area (Å²) in [5.41, 5.74) is 1.43. The van der Waals surface area contributed by atoms with Crippen LogP contribution in [-0.4, -0.2) is 24.8 Å². The zero-order chi connectivity index (χ0) is 13.1. The maximum Gasteiger partial charge on any atom is 0.0757 e. The van der Waals surface area contributed by atoms with Crippen LogP contribution in [0.2, 0.25) is 0 Å². The van der Waals surface area contributed by atoms with Crippen molar-refractivity contribution in [3.05, 3.63) is 35.9 Å². The predicted octanol–water partition coefficient (Wildman–Crippen LogP) is 3.16. The average molecular weight is 259 g/mol. The Balaban J connectivity index is 1.57. The molecule has 2 fully saturated rings. The van der Waals surface area contributed by atoms with Crippen LogP contribution < -0.4 is 5.32 Å². The molecule has 1 aromatic rings. The van der Waals surface area contributed by atoms with Gasteiger partial charge in [-0.25, -0.2) is 0 Å². The van der Waals surface area contributed by atoms with Gasteiger partial charge >= 0.3 is 0 Å². The Hall–Kier alpha value is -0.860. The van der Waals surface area contributed by atoms with Crippen LogP contribution in [0.15, 0.2) is 30.3 Å². The summed E-state index contributed by atoms with van der Waals surface area (Å²) in [5.74, 6) is 0.842. The minimum atomic E-state index is 0.491. The van der Waals surface area contributed by atoms with Crippen molar-refractivity contribution in [3.8, 4) is 0 Å². The van der Waals surface area contributed by atoms with Crippen LogP contribution in [0.25, 0.3) is 0 Å². The third-order valence-electron chi connectivity index (χ3n) is 4.49. The van der Waals surface area contributed by atoms with Crippen molar-refractivity contribution in [1.82, 2.24) is 5.32 Å². The van der Waals surface area contributed by atoms with E-state index in [0.717, 1.165) is 18.9 Å². The Morgan fingerprint density at radius 1 is 1.21 bits per heavy atom. The van der Waals surface area contributed by atoms with Gasteiger partial charge in [0.2, 0.25) is 0 Å². The minimum Gasteiger partial charge on any atom is -0.376 e. The Kier molecular flexibility index (Phi) is 4.19. The zero-order valence-corrected chi connectivity index (χ0v) is 11.8. The molecule has 104 valence electrons. The fraction of sp³-hybridized carbons (Fsp3) is 0.647. The maximum absolute atomic E-state index is 5.92. The lowest BCUT2D eigenvalue weighted by Crippen LogP contribution is -2.44. The van der Waals surface area contributed by atoms with E-state index < -0.39 is 0 Å². The highest BCUT2D eigenvalue weighted by molar-refractivity contribution is 5.16. The highest BCUT2D eigenvalue weighted by Crippen LogP contribution is 2.38. The SMILES string of the molecule is CCC(Cc1ccccc1)NC1CCOC1C1CC1. The van der Waals surface area contributed by atoms with Crippen LogP contribution in [0, 0.1) is 5.92 Å². The molecule has 0 amide bonds. The van der Waals surface area contributed by atoms with Gasteiger partial charge in [-0.3, -0.25) is 0 Å². The molecule has 1 saturated carbocycles. The van der Waals surface area contributed by atoms with Gasteiger partial charge in [0.05, 0.1) is 6.10 Å². The van der Waals surface area contributed by atoms with Gasteiger partial charge in [-0.1, -0.05) is 37.3 Å². The molecule has 1 heterocycles. The van der Waals surface area contributed by atoms with E-state index in [0.29, 0.717) is 18.2 Å². The molecular weight excluding hydrogens is 234 g/mol. The molecule has 3 rings (SSSR count). The van der Waals surface area contributed by atoms with Crippen molar-refractivity contribution in [1.29, 1.82) is 0 Å². The molecule has 1 saturated heterocycles. The molecule has 3 unspecified atom stereocenters. The molecule has 19 heavy (non-hydrogen) atoms. The Morgan fingerprint density at radius 3 is 2.68 bits per heavy atom. The van der Waals surface area contributed by atoms with Crippen molar-refractivity contribution < 1.29 is 4.74 Å². The Morgan fingerprint density at radius 2 is 2.00 bits per heavy atom. The summed E-state index contributed by atoms with van der Waals surface area (Å²) in [6, 6.07) is 12.0. The van der Waals surface area contributed by atoms with Crippen LogP contribution in [0.1, 0.15) is 38.2 Å². The Bertz CT molecular complexity index is 388. The lowest BCUT2D eigenvalue weighted by molar-refractivity contribution is 0.0787. The number of hydrogen-bond donors (Lipinski definition) is 1. The molecule has 0 radical (unpaired) electrons. The molecule has 1 aliphatic carbocycles. The van der Waals surface area contributed by atoms with Crippen LogP contribution in [0.3, 0.4) is 0 Å². The van der Waals surface area contributed by atoms with Crippen LogP contribution in [-0.2, 0) is 11.2 Å². The second-order valence-electron chi connectivity index (χ2n) is 6.03. The van der Waals surface area contributed by atoms with Crippen LogP contribution >= 0.6 is 0 Å². The summed E-state index contributed by atoms with van der Waals surface area (Å²) in [6.45, 7) is 3.23. The minimum absolute atomic E-state index is 0.491. The molecule has 2 nitrogen and oxygen atoms in total. The van der Waals surface area contributed by atoms with Gasteiger partial charge in [0, 0.05) is 18.7 Å². The highest BCUT2D eigenvalue weighted by Gasteiger charge is 2.40. The first-order valence-electron chi connectivity index (χ1n) is 7.78. The van der Waals surface area contributed by atoms with Crippen molar-refractivity contribution in [2.45, 2.75) is 57.2 Å². The third kappa shape index (κ3) is 3.37. The first kappa shape index (κ1) is 13.1. The monoisotopic (exact) mass is 259 g/mol. The highest BCUT2D eigenvalue weighted by atomic mass is 16.5. The van der Waals surface area contributed by atoms with Gasteiger partial charge in [-0.05, 0) is 43.6 Å². The Labute approximate surface area is 116 Å². The molecule has 1 N–H and O–H groups in total.